The van der Waals surface area contributed by atoms with E-state index in [0.717, 1.165) is 28.1 Å². The van der Waals surface area contributed by atoms with Gasteiger partial charge in [0.2, 0.25) is 0 Å². The Hall–Kier alpha value is -4.30. The number of carbonyl (C=O) groups excluding carboxylic acids is 1. The number of nitro groups is 1. The number of non-ortho nitro benzene ring substituents is 1. The van der Waals surface area contributed by atoms with Crippen LogP contribution in [0.2, 0.25) is 5.02 Å². The molecule has 5 aromatic rings. The second-order valence-corrected chi connectivity index (χ2v) is 7.93. The molecule has 0 aliphatic rings. The molecule has 5 rings (SSSR count). The molecule has 1 N–H and O–H groups in total. The topological polar surface area (TPSA) is 103 Å². The zero-order valence-electron chi connectivity index (χ0n) is 17.3. The molecule has 0 aliphatic carbocycles. The van der Waals surface area contributed by atoms with Gasteiger partial charge in [-0.05, 0) is 42.1 Å². The van der Waals surface area contributed by atoms with Crippen LogP contribution >= 0.6 is 11.6 Å². The maximum absolute atomic E-state index is 12.8. The molecule has 1 aromatic heterocycles. The van der Waals surface area contributed by atoms with Crippen molar-refractivity contribution >= 4 is 50.7 Å². The van der Waals surface area contributed by atoms with Gasteiger partial charge in [-0.3, -0.25) is 14.9 Å². The van der Waals surface area contributed by atoms with Crippen molar-refractivity contribution in [2.45, 2.75) is 6.92 Å². The van der Waals surface area contributed by atoms with Crippen LogP contribution in [0.1, 0.15) is 15.9 Å². The Kier molecular flexibility index (Phi) is 4.99. The summed E-state index contributed by atoms with van der Waals surface area (Å²) in [6, 6.07) is 21.3. The lowest BCUT2D eigenvalue weighted by Gasteiger charge is -2.09. The second kappa shape index (κ2) is 7.99. The molecule has 0 aliphatic heterocycles. The van der Waals surface area contributed by atoms with Crippen molar-refractivity contribution < 1.29 is 9.72 Å². The molecule has 33 heavy (non-hydrogen) atoms. The Balaban J connectivity index is 1.50. The van der Waals surface area contributed by atoms with Crippen molar-refractivity contribution in [2.24, 2.45) is 0 Å². The summed E-state index contributed by atoms with van der Waals surface area (Å²) in [6.45, 7) is 1.85. The number of aromatic nitrogens is 3. The highest BCUT2D eigenvalue weighted by Gasteiger charge is 2.17. The van der Waals surface area contributed by atoms with Crippen LogP contribution in [-0.4, -0.2) is 25.8 Å². The standard InChI is InChI=1S/C24H16ClN5O3/c1-14-11-21-22(28-29(27-21)23-8-4-6-15-5-2-3-7-17(15)23)13-20(14)26-24(31)18-10-9-16(30(32)33)12-19(18)25/h2-13H,1H3,(H,26,31). The Bertz CT molecular complexity index is 1570. The molecular weight excluding hydrogens is 442 g/mol. The second-order valence-electron chi connectivity index (χ2n) is 7.52. The van der Waals surface area contributed by atoms with Gasteiger partial charge in [-0.2, -0.15) is 0 Å². The predicted molar refractivity (Wildman–Crippen MR) is 127 cm³/mol. The van der Waals surface area contributed by atoms with Crippen LogP contribution in [0, 0.1) is 17.0 Å². The minimum atomic E-state index is -0.565. The van der Waals surface area contributed by atoms with Crippen LogP contribution in [0.4, 0.5) is 11.4 Å². The smallest absolute Gasteiger partial charge is 0.270 e. The third-order valence-corrected chi connectivity index (χ3v) is 5.68. The molecule has 0 unspecified atom stereocenters. The maximum atomic E-state index is 12.8. The van der Waals surface area contributed by atoms with Crippen LogP contribution in [-0.2, 0) is 0 Å². The molecule has 4 aromatic carbocycles. The van der Waals surface area contributed by atoms with Crippen molar-refractivity contribution in [3.63, 3.8) is 0 Å². The van der Waals surface area contributed by atoms with Crippen LogP contribution < -0.4 is 5.32 Å². The van der Waals surface area contributed by atoms with E-state index in [0.29, 0.717) is 16.7 Å². The predicted octanol–water partition coefficient (Wildman–Crippen LogP) is 5.70. The van der Waals surface area contributed by atoms with Gasteiger partial charge in [0.1, 0.15) is 11.0 Å². The van der Waals surface area contributed by atoms with E-state index in [2.05, 4.69) is 15.5 Å². The number of anilines is 1. The van der Waals surface area contributed by atoms with Crippen molar-refractivity contribution in [3.8, 4) is 5.69 Å². The van der Waals surface area contributed by atoms with Crippen molar-refractivity contribution in [3.05, 3.63) is 99.1 Å². The average molecular weight is 458 g/mol. The first-order valence-corrected chi connectivity index (χ1v) is 10.4. The fourth-order valence-corrected chi connectivity index (χ4v) is 3.95. The lowest BCUT2D eigenvalue weighted by atomic mass is 10.1. The van der Waals surface area contributed by atoms with E-state index in [1.165, 1.54) is 12.1 Å². The molecular formula is C24H16ClN5O3. The highest BCUT2D eigenvalue weighted by molar-refractivity contribution is 6.34. The summed E-state index contributed by atoms with van der Waals surface area (Å²) in [5.41, 5.74) is 3.45. The van der Waals surface area contributed by atoms with E-state index >= 15 is 0 Å². The first-order chi connectivity index (χ1) is 15.9. The van der Waals surface area contributed by atoms with E-state index in [1.807, 2.05) is 55.5 Å². The first kappa shape index (κ1) is 20.6. The van der Waals surface area contributed by atoms with Gasteiger partial charge in [0.05, 0.1) is 21.2 Å². The monoisotopic (exact) mass is 457 g/mol. The van der Waals surface area contributed by atoms with Gasteiger partial charge >= 0.3 is 0 Å². The van der Waals surface area contributed by atoms with Crippen molar-refractivity contribution in [2.75, 3.05) is 5.32 Å². The van der Waals surface area contributed by atoms with E-state index in [-0.39, 0.29) is 16.3 Å². The molecule has 0 bridgehead atoms. The van der Waals surface area contributed by atoms with Crippen LogP contribution in [0.25, 0.3) is 27.5 Å². The van der Waals surface area contributed by atoms with Gasteiger partial charge < -0.3 is 5.32 Å². The third-order valence-electron chi connectivity index (χ3n) is 5.36. The number of rotatable bonds is 4. The fourth-order valence-electron chi connectivity index (χ4n) is 3.68. The number of halogens is 1. The summed E-state index contributed by atoms with van der Waals surface area (Å²) in [4.78, 5) is 24.7. The van der Waals surface area contributed by atoms with Crippen molar-refractivity contribution in [1.29, 1.82) is 0 Å². The zero-order chi connectivity index (χ0) is 23.1. The number of nitrogens with zero attached hydrogens (tertiary/aromatic N) is 4. The molecule has 1 amide bonds. The maximum Gasteiger partial charge on any atom is 0.270 e. The van der Waals surface area contributed by atoms with Gasteiger partial charge in [0.15, 0.2) is 0 Å². The van der Waals surface area contributed by atoms with Gasteiger partial charge in [-0.15, -0.1) is 15.0 Å². The number of nitro benzene ring substituents is 1. The number of benzene rings is 4. The number of carbonyl (C=O) groups is 1. The van der Waals surface area contributed by atoms with Gasteiger partial charge in [-0.25, -0.2) is 0 Å². The van der Waals surface area contributed by atoms with Crippen LogP contribution in [0.3, 0.4) is 0 Å². The van der Waals surface area contributed by atoms with Gasteiger partial charge in [-0.1, -0.05) is 48.0 Å². The Labute approximate surface area is 192 Å². The minimum absolute atomic E-state index is 0.00216. The number of fused-ring (bicyclic) bond motifs is 2. The normalized spacial score (nSPS) is 11.1. The zero-order valence-corrected chi connectivity index (χ0v) is 18.1. The highest BCUT2D eigenvalue weighted by Crippen LogP contribution is 2.27. The summed E-state index contributed by atoms with van der Waals surface area (Å²) in [7, 11) is 0. The molecule has 162 valence electrons. The molecule has 0 saturated carbocycles. The summed E-state index contributed by atoms with van der Waals surface area (Å²) in [6.07, 6.45) is 0. The molecule has 0 spiro atoms. The van der Waals surface area contributed by atoms with Gasteiger partial charge in [0, 0.05) is 23.2 Å². The number of nitrogens with one attached hydrogen (secondary N) is 1. The largest absolute Gasteiger partial charge is 0.322 e. The Morgan fingerprint density at radius 1 is 1.00 bits per heavy atom. The van der Waals surface area contributed by atoms with Crippen LogP contribution in [0.15, 0.2) is 72.8 Å². The summed E-state index contributed by atoms with van der Waals surface area (Å²) >= 11 is 6.10. The van der Waals surface area contributed by atoms with Crippen LogP contribution in [0.5, 0.6) is 0 Å². The van der Waals surface area contributed by atoms with E-state index in [1.54, 1.807) is 10.9 Å². The molecule has 8 nitrogen and oxygen atoms in total. The van der Waals surface area contributed by atoms with Gasteiger partial charge in [0.25, 0.3) is 11.6 Å². The van der Waals surface area contributed by atoms with E-state index < -0.39 is 10.8 Å². The first-order valence-electron chi connectivity index (χ1n) is 10.0. The Morgan fingerprint density at radius 3 is 2.48 bits per heavy atom. The molecule has 0 radical (unpaired) electrons. The summed E-state index contributed by atoms with van der Waals surface area (Å²) < 4.78 is 0. The fraction of sp³-hybridized carbons (Fsp3) is 0.0417. The number of hydrogen-bond donors (Lipinski definition) is 1. The summed E-state index contributed by atoms with van der Waals surface area (Å²) in [5.74, 6) is -0.473. The molecule has 0 fully saturated rings. The molecule has 1 heterocycles. The molecule has 0 saturated heterocycles. The van der Waals surface area contributed by atoms with Crippen molar-refractivity contribution in [1.82, 2.24) is 15.0 Å². The lowest BCUT2D eigenvalue weighted by molar-refractivity contribution is -0.384. The number of aryl methyl sites for hydroxylation is 1. The average Bonchev–Trinajstić information content (AvgIpc) is 3.21. The lowest BCUT2D eigenvalue weighted by Crippen LogP contribution is -2.13. The van der Waals surface area contributed by atoms with E-state index in [9.17, 15) is 14.9 Å². The highest BCUT2D eigenvalue weighted by atomic mass is 35.5. The number of hydrogen-bond acceptors (Lipinski definition) is 5. The number of amides is 1. The third kappa shape index (κ3) is 3.77. The SMILES string of the molecule is Cc1cc2nn(-c3cccc4ccccc34)nc2cc1NC(=O)c1ccc([N+](=O)[O-])cc1Cl. The molecule has 0 atom stereocenters. The minimum Gasteiger partial charge on any atom is -0.322 e. The summed E-state index contributed by atoms with van der Waals surface area (Å²) in [5, 5.41) is 25.1. The molecule has 9 heteroatoms. The Morgan fingerprint density at radius 2 is 1.73 bits per heavy atom. The van der Waals surface area contributed by atoms with E-state index in [4.69, 9.17) is 11.6 Å². The quantitative estimate of drug-likeness (QED) is 0.275.